The number of nitrogens with zero attached hydrogens (tertiary/aromatic N) is 2. The molecule has 0 saturated carbocycles. The molecule has 1 aliphatic heterocycles. The van der Waals surface area contributed by atoms with Gasteiger partial charge in [0.15, 0.2) is 5.96 Å². The van der Waals surface area contributed by atoms with E-state index in [1.54, 1.807) is 19.0 Å². The van der Waals surface area contributed by atoms with Crippen molar-refractivity contribution in [1.82, 2.24) is 15.5 Å². The van der Waals surface area contributed by atoms with Crippen LogP contribution in [0.4, 0.5) is 0 Å². The Morgan fingerprint density at radius 2 is 2.20 bits per heavy atom. The molecule has 0 aromatic heterocycles. The number of hydrogen-bond donors (Lipinski definition) is 2. The monoisotopic (exact) mass is 470 g/mol. The van der Waals surface area contributed by atoms with Crippen molar-refractivity contribution in [1.29, 1.82) is 0 Å². The largest absolute Gasteiger partial charge is 0.379 e. The van der Waals surface area contributed by atoms with E-state index >= 15 is 0 Å². The van der Waals surface area contributed by atoms with E-state index in [1.165, 1.54) is 0 Å². The number of nitrogens with one attached hydrogen (secondary N) is 2. The van der Waals surface area contributed by atoms with Gasteiger partial charge in [-0.2, -0.15) is 0 Å². The predicted molar refractivity (Wildman–Crippen MR) is 112 cm³/mol. The molecule has 0 bridgehead atoms. The van der Waals surface area contributed by atoms with E-state index in [0.717, 1.165) is 38.8 Å². The Kier molecular flexibility index (Phi) is 14.2. The SMILES string of the molecule is CCC(C)NC(=NCC(=O)N(C)C)NCCCOCC1CCCO1.I. The van der Waals surface area contributed by atoms with Crippen LogP contribution in [0.3, 0.4) is 0 Å². The van der Waals surface area contributed by atoms with Crippen molar-refractivity contribution in [2.24, 2.45) is 4.99 Å². The minimum atomic E-state index is -0.0138. The fraction of sp³-hybridized carbons (Fsp3) is 0.882. The molecule has 0 aliphatic carbocycles. The van der Waals surface area contributed by atoms with Gasteiger partial charge in [-0.25, -0.2) is 4.99 Å². The fourth-order valence-electron chi connectivity index (χ4n) is 2.15. The van der Waals surface area contributed by atoms with E-state index in [2.05, 4.69) is 29.5 Å². The van der Waals surface area contributed by atoms with Crippen LogP contribution in [0.5, 0.6) is 0 Å². The van der Waals surface area contributed by atoms with Gasteiger partial charge in [0.25, 0.3) is 0 Å². The molecule has 1 aliphatic rings. The maximum absolute atomic E-state index is 11.7. The molecule has 2 N–H and O–H groups in total. The number of amides is 1. The van der Waals surface area contributed by atoms with Crippen LogP contribution in [0.2, 0.25) is 0 Å². The van der Waals surface area contributed by atoms with Crippen molar-refractivity contribution in [3.63, 3.8) is 0 Å². The fourth-order valence-corrected chi connectivity index (χ4v) is 2.15. The normalized spacial score (nSPS) is 18.4. The lowest BCUT2D eigenvalue weighted by atomic mass is 10.2. The molecule has 148 valence electrons. The third-order valence-electron chi connectivity index (χ3n) is 3.95. The van der Waals surface area contributed by atoms with Gasteiger partial charge in [0, 0.05) is 39.9 Å². The highest BCUT2D eigenvalue weighted by Crippen LogP contribution is 2.11. The van der Waals surface area contributed by atoms with Gasteiger partial charge in [0.1, 0.15) is 6.54 Å². The maximum atomic E-state index is 11.7. The van der Waals surface area contributed by atoms with Crippen molar-refractivity contribution < 1.29 is 14.3 Å². The molecule has 7 nitrogen and oxygen atoms in total. The second-order valence-electron chi connectivity index (χ2n) is 6.40. The third-order valence-corrected chi connectivity index (χ3v) is 3.95. The van der Waals surface area contributed by atoms with Crippen LogP contribution < -0.4 is 10.6 Å². The van der Waals surface area contributed by atoms with E-state index in [0.29, 0.717) is 25.2 Å². The molecule has 2 unspecified atom stereocenters. The second kappa shape index (κ2) is 14.5. The molecule has 1 fully saturated rings. The number of aliphatic imine (C=N–C) groups is 1. The van der Waals surface area contributed by atoms with Crippen LogP contribution in [0.25, 0.3) is 0 Å². The van der Waals surface area contributed by atoms with Crippen molar-refractivity contribution in [2.45, 2.75) is 51.7 Å². The highest BCUT2D eigenvalue weighted by Gasteiger charge is 2.15. The molecule has 0 spiro atoms. The van der Waals surface area contributed by atoms with Crippen LogP contribution in [-0.2, 0) is 14.3 Å². The summed E-state index contributed by atoms with van der Waals surface area (Å²) < 4.78 is 11.2. The molecule has 1 heterocycles. The van der Waals surface area contributed by atoms with Crippen LogP contribution in [0.1, 0.15) is 39.5 Å². The zero-order valence-corrected chi connectivity index (χ0v) is 18.4. The summed E-state index contributed by atoms with van der Waals surface area (Å²) in [7, 11) is 3.47. The summed E-state index contributed by atoms with van der Waals surface area (Å²) in [5.74, 6) is 0.666. The first kappa shape index (κ1) is 24.4. The summed E-state index contributed by atoms with van der Waals surface area (Å²) in [5, 5.41) is 6.57. The zero-order valence-electron chi connectivity index (χ0n) is 16.0. The Morgan fingerprint density at radius 3 is 2.80 bits per heavy atom. The topological polar surface area (TPSA) is 75.2 Å². The summed E-state index contributed by atoms with van der Waals surface area (Å²) in [6.07, 6.45) is 4.40. The Bertz CT molecular complexity index is 388. The van der Waals surface area contributed by atoms with Crippen molar-refractivity contribution in [3.05, 3.63) is 0 Å². The number of rotatable bonds is 10. The van der Waals surface area contributed by atoms with Gasteiger partial charge >= 0.3 is 0 Å². The first-order chi connectivity index (χ1) is 11.5. The first-order valence-corrected chi connectivity index (χ1v) is 8.97. The molecule has 1 amide bonds. The lowest BCUT2D eigenvalue weighted by molar-refractivity contribution is -0.127. The zero-order chi connectivity index (χ0) is 17.8. The van der Waals surface area contributed by atoms with Gasteiger partial charge in [0.2, 0.25) is 5.91 Å². The second-order valence-corrected chi connectivity index (χ2v) is 6.40. The van der Waals surface area contributed by atoms with Crippen molar-refractivity contribution >= 4 is 35.8 Å². The highest BCUT2D eigenvalue weighted by atomic mass is 127. The number of carbonyl (C=O) groups is 1. The van der Waals surface area contributed by atoms with Crippen LogP contribution in [0.15, 0.2) is 4.99 Å². The number of carbonyl (C=O) groups excluding carboxylic acids is 1. The molecule has 0 aromatic rings. The lowest BCUT2D eigenvalue weighted by Crippen LogP contribution is -2.43. The van der Waals surface area contributed by atoms with Gasteiger partial charge in [-0.3, -0.25) is 4.79 Å². The van der Waals surface area contributed by atoms with Crippen molar-refractivity contribution in [2.75, 3.05) is 47.0 Å². The highest BCUT2D eigenvalue weighted by molar-refractivity contribution is 14.0. The third kappa shape index (κ3) is 11.6. The van der Waals surface area contributed by atoms with Crippen LogP contribution in [-0.4, -0.2) is 75.9 Å². The Balaban J connectivity index is 0.00000576. The maximum Gasteiger partial charge on any atom is 0.243 e. The minimum Gasteiger partial charge on any atom is -0.379 e. The van der Waals surface area contributed by atoms with E-state index in [9.17, 15) is 4.79 Å². The van der Waals surface area contributed by atoms with Gasteiger partial charge < -0.3 is 25.0 Å². The van der Waals surface area contributed by atoms with E-state index in [1.807, 2.05) is 0 Å². The Labute approximate surface area is 169 Å². The van der Waals surface area contributed by atoms with E-state index in [-0.39, 0.29) is 42.5 Å². The molecular weight excluding hydrogens is 435 g/mol. The average Bonchev–Trinajstić information content (AvgIpc) is 3.08. The van der Waals surface area contributed by atoms with Gasteiger partial charge in [-0.15, -0.1) is 24.0 Å². The average molecular weight is 470 g/mol. The number of hydrogen-bond acceptors (Lipinski definition) is 4. The Morgan fingerprint density at radius 1 is 1.44 bits per heavy atom. The standard InChI is InChI=1S/C17H34N4O3.HI/c1-5-14(2)20-17(19-12-16(22)21(3)4)18-9-7-10-23-13-15-8-6-11-24-15;/h14-15H,5-13H2,1-4H3,(H2,18,19,20);1H. The number of guanidine groups is 1. The smallest absolute Gasteiger partial charge is 0.243 e. The minimum absolute atomic E-state index is 0. The molecule has 2 atom stereocenters. The molecule has 8 heteroatoms. The lowest BCUT2D eigenvalue weighted by Gasteiger charge is -2.17. The molecule has 1 rings (SSSR count). The summed E-state index contributed by atoms with van der Waals surface area (Å²) >= 11 is 0. The summed E-state index contributed by atoms with van der Waals surface area (Å²) in [6.45, 7) is 7.35. The summed E-state index contributed by atoms with van der Waals surface area (Å²) in [4.78, 5) is 17.6. The summed E-state index contributed by atoms with van der Waals surface area (Å²) in [5.41, 5.74) is 0. The van der Waals surface area contributed by atoms with Gasteiger partial charge in [-0.05, 0) is 32.6 Å². The van der Waals surface area contributed by atoms with E-state index < -0.39 is 0 Å². The molecular formula is C17H35IN4O3. The molecule has 0 aromatic carbocycles. The van der Waals surface area contributed by atoms with Crippen LogP contribution >= 0.6 is 24.0 Å². The predicted octanol–water partition coefficient (Wildman–Crippen LogP) is 1.61. The molecule has 0 radical (unpaired) electrons. The first-order valence-electron chi connectivity index (χ1n) is 8.97. The van der Waals surface area contributed by atoms with Gasteiger partial charge in [0.05, 0.1) is 12.7 Å². The summed E-state index contributed by atoms with van der Waals surface area (Å²) in [6, 6.07) is 0.307. The molecule has 25 heavy (non-hydrogen) atoms. The number of halogens is 1. The van der Waals surface area contributed by atoms with Crippen LogP contribution in [0, 0.1) is 0 Å². The van der Waals surface area contributed by atoms with E-state index in [4.69, 9.17) is 9.47 Å². The van der Waals surface area contributed by atoms with Gasteiger partial charge in [-0.1, -0.05) is 6.92 Å². The number of likely N-dealkylation sites (N-methyl/N-ethyl adjacent to an activating group) is 1. The quantitative estimate of drug-likeness (QED) is 0.220. The molecule has 1 saturated heterocycles. The van der Waals surface area contributed by atoms with Crippen molar-refractivity contribution in [3.8, 4) is 0 Å². The Hall–Kier alpha value is -0.610. The number of ether oxygens (including phenoxy) is 2.